The van der Waals surface area contributed by atoms with Gasteiger partial charge in [0.15, 0.2) is 0 Å². The highest BCUT2D eigenvalue weighted by Gasteiger charge is 2.32. The lowest BCUT2D eigenvalue weighted by molar-refractivity contribution is -0.0796. The second-order valence-corrected chi connectivity index (χ2v) is 3.39. The Morgan fingerprint density at radius 3 is 2.54 bits per heavy atom. The fourth-order valence-corrected chi connectivity index (χ4v) is 1.47. The van der Waals surface area contributed by atoms with Crippen LogP contribution in [-0.2, 0) is 0 Å². The molecule has 0 aromatic carbocycles. The number of aliphatic hydroxyl groups is 2. The van der Waals surface area contributed by atoms with E-state index in [1.807, 2.05) is 13.8 Å². The first-order valence-corrected chi connectivity index (χ1v) is 4.85. The van der Waals surface area contributed by atoms with Crippen molar-refractivity contribution in [2.24, 2.45) is 0 Å². The Labute approximate surface area is 80.6 Å². The standard InChI is InChI=1S/C11H20O2/c1-4-7-9-11(13,8-5-2)10(12)6-3/h7,10,12-13H,1,5-6,8-9H2,2-3H3. The van der Waals surface area contributed by atoms with Crippen LogP contribution in [0, 0.1) is 0 Å². The predicted molar refractivity (Wildman–Crippen MR) is 54.5 cm³/mol. The summed E-state index contributed by atoms with van der Waals surface area (Å²) in [5.74, 6) is 0. The van der Waals surface area contributed by atoms with E-state index in [4.69, 9.17) is 0 Å². The Balaban J connectivity index is 4.39. The maximum atomic E-state index is 10.1. The molecule has 0 amide bonds. The Hall–Kier alpha value is -0.560. The highest BCUT2D eigenvalue weighted by Crippen LogP contribution is 2.24. The second-order valence-electron chi connectivity index (χ2n) is 3.39. The molecule has 0 aliphatic rings. The highest BCUT2D eigenvalue weighted by atomic mass is 16.3. The molecular weight excluding hydrogens is 164 g/mol. The van der Waals surface area contributed by atoms with E-state index in [1.165, 1.54) is 0 Å². The molecule has 76 valence electrons. The Morgan fingerprint density at radius 1 is 1.54 bits per heavy atom. The van der Waals surface area contributed by atoms with Crippen LogP contribution < -0.4 is 0 Å². The summed E-state index contributed by atoms with van der Waals surface area (Å²) in [5.41, 5.74) is 1.62. The molecule has 0 spiro atoms. The smallest absolute Gasteiger partial charge is 0.0945 e. The van der Waals surface area contributed by atoms with Crippen molar-refractivity contribution in [3.8, 4) is 0 Å². The van der Waals surface area contributed by atoms with Gasteiger partial charge in [0, 0.05) is 6.42 Å². The maximum Gasteiger partial charge on any atom is 0.0945 e. The van der Waals surface area contributed by atoms with Gasteiger partial charge in [-0.3, -0.25) is 0 Å². The van der Waals surface area contributed by atoms with Crippen LogP contribution in [0.2, 0.25) is 0 Å². The average Bonchev–Trinajstić information content (AvgIpc) is 2.14. The van der Waals surface area contributed by atoms with Gasteiger partial charge in [-0.2, -0.15) is 0 Å². The van der Waals surface area contributed by atoms with Crippen molar-refractivity contribution >= 4 is 0 Å². The molecule has 13 heavy (non-hydrogen) atoms. The SMILES string of the molecule is C=C=CCC(O)(CCC)C(O)CC. The first-order valence-electron chi connectivity index (χ1n) is 4.85. The van der Waals surface area contributed by atoms with Gasteiger partial charge < -0.3 is 10.2 Å². The van der Waals surface area contributed by atoms with E-state index in [9.17, 15) is 10.2 Å². The zero-order valence-electron chi connectivity index (χ0n) is 8.58. The van der Waals surface area contributed by atoms with Crippen LogP contribution in [0.1, 0.15) is 39.5 Å². The van der Waals surface area contributed by atoms with Gasteiger partial charge in [-0.05, 0) is 18.9 Å². The average molecular weight is 184 g/mol. The molecule has 0 aromatic rings. The minimum atomic E-state index is -0.992. The van der Waals surface area contributed by atoms with Crippen molar-refractivity contribution < 1.29 is 10.2 Å². The Kier molecular flexibility index (Phi) is 5.72. The van der Waals surface area contributed by atoms with Gasteiger partial charge in [0.25, 0.3) is 0 Å². The number of hydrogen-bond donors (Lipinski definition) is 2. The summed E-state index contributed by atoms with van der Waals surface area (Å²) < 4.78 is 0. The molecule has 0 radical (unpaired) electrons. The van der Waals surface area contributed by atoms with Crippen LogP contribution in [0.3, 0.4) is 0 Å². The fraction of sp³-hybridized carbons (Fsp3) is 0.727. The van der Waals surface area contributed by atoms with E-state index < -0.39 is 11.7 Å². The topological polar surface area (TPSA) is 40.5 Å². The molecule has 0 bridgehead atoms. The Bertz CT molecular complexity index is 183. The van der Waals surface area contributed by atoms with Crippen molar-refractivity contribution in [1.82, 2.24) is 0 Å². The third-order valence-corrected chi connectivity index (χ3v) is 2.29. The summed E-state index contributed by atoms with van der Waals surface area (Å²) in [6.07, 6.45) is 3.49. The van der Waals surface area contributed by atoms with E-state index in [1.54, 1.807) is 6.08 Å². The van der Waals surface area contributed by atoms with Crippen molar-refractivity contribution in [2.45, 2.75) is 51.2 Å². The van der Waals surface area contributed by atoms with Gasteiger partial charge in [-0.15, -0.1) is 5.73 Å². The van der Waals surface area contributed by atoms with Crippen LogP contribution in [0.4, 0.5) is 0 Å². The first-order chi connectivity index (χ1) is 6.10. The third-order valence-electron chi connectivity index (χ3n) is 2.29. The fourth-order valence-electron chi connectivity index (χ4n) is 1.47. The molecule has 0 rings (SSSR count). The monoisotopic (exact) mass is 184 g/mol. The molecule has 2 atom stereocenters. The summed E-state index contributed by atoms with van der Waals surface area (Å²) in [6.45, 7) is 7.29. The molecule has 2 heteroatoms. The van der Waals surface area contributed by atoms with Crippen LogP contribution in [0.15, 0.2) is 18.4 Å². The van der Waals surface area contributed by atoms with Crippen LogP contribution in [0.25, 0.3) is 0 Å². The van der Waals surface area contributed by atoms with E-state index in [0.29, 0.717) is 19.3 Å². The molecule has 0 saturated heterocycles. The molecule has 0 aliphatic heterocycles. The van der Waals surface area contributed by atoms with Gasteiger partial charge in [0.1, 0.15) is 0 Å². The van der Waals surface area contributed by atoms with Gasteiger partial charge in [-0.1, -0.05) is 26.8 Å². The van der Waals surface area contributed by atoms with Crippen LogP contribution in [-0.4, -0.2) is 21.9 Å². The molecule has 0 saturated carbocycles. The Morgan fingerprint density at radius 2 is 2.15 bits per heavy atom. The maximum absolute atomic E-state index is 10.1. The summed E-state index contributed by atoms with van der Waals surface area (Å²) >= 11 is 0. The second kappa shape index (κ2) is 5.98. The lowest BCUT2D eigenvalue weighted by atomic mass is 9.87. The van der Waals surface area contributed by atoms with E-state index in [-0.39, 0.29) is 0 Å². The van der Waals surface area contributed by atoms with Gasteiger partial charge in [-0.25, -0.2) is 0 Å². The minimum Gasteiger partial charge on any atom is -0.390 e. The minimum absolute atomic E-state index is 0.430. The summed E-state index contributed by atoms with van der Waals surface area (Å²) in [6, 6.07) is 0. The lowest BCUT2D eigenvalue weighted by Gasteiger charge is -2.31. The summed E-state index contributed by atoms with van der Waals surface area (Å²) in [5, 5.41) is 19.7. The zero-order valence-corrected chi connectivity index (χ0v) is 8.58. The van der Waals surface area contributed by atoms with E-state index in [0.717, 1.165) is 6.42 Å². The van der Waals surface area contributed by atoms with Crippen molar-refractivity contribution in [1.29, 1.82) is 0 Å². The highest BCUT2D eigenvalue weighted by molar-refractivity contribution is 4.93. The van der Waals surface area contributed by atoms with Gasteiger partial charge in [0.05, 0.1) is 11.7 Å². The van der Waals surface area contributed by atoms with Crippen LogP contribution in [0.5, 0.6) is 0 Å². The van der Waals surface area contributed by atoms with Gasteiger partial charge in [0.2, 0.25) is 0 Å². The van der Waals surface area contributed by atoms with Crippen molar-refractivity contribution in [3.63, 3.8) is 0 Å². The largest absolute Gasteiger partial charge is 0.390 e. The molecular formula is C11H20O2. The van der Waals surface area contributed by atoms with E-state index >= 15 is 0 Å². The molecule has 0 aliphatic carbocycles. The normalized spacial score (nSPS) is 17.2. The number of aliphatic hydroxyl groups excluding tert-OH is 1. The predicted octanol–water partition coefficient (Wildman–Crippen LogP) is 2.02. The quantitative estimate of drug-likeness (QED) is 0.620. The molecule has 2 nitrogen and oxygen atoms in total. The van der Waals surface area contributed by atoms with Crippen LogP contribution >= 0.6 is 0 Å². The zero-order chi connectivity index (χ0) is 10.3. The lowest BCUT2D eigenvalue weighted by Crippen LogP contribution is -2.41. The number of hydrogen-bond acceptors (Lipinski definition) is 2. The molecule has 2 unspecified atom stereocenters. The third kappa shape index (κ3) is 3.77. The molecule has 0 aromatic heterocycles. The number of rotatable bonds is 6. The first kappa shape index (κ1) is 12.4. The molecule has 0 heterocycles. The summed E-state index contributed by atoms with van der Waals surface area (Å²) in [7, 11) is 0. The van der Waals surface area contributed by atoms with Crippen molar-refractivity contribution in [3.05, 3.63) is 18.4 Å². The molecule has 2 N–H and O–H groups in total. The summed E-state index contributed by atoms with van der Waals surface area (Å²) in [4.78, 5) is 0. The van der Waals surface area contributed by atoms with Crippen molar-refractivity contribution in [2.75, 3.05) is 0 Å². The van der Waals surface area contributed by atoms with E-state index in [2.05, 4.69) is 12.3 Å². The van der Waals surface area contributed by atoms with Gasteiger partial charge >= 0.3 is 0 Å². The molecule has 0 fully saturated rings.